The highest BCUT2D eigenvalue weighted by molar-refractivity contribution is 6.32. The van der Waals surface area contributed by atoms with Gasteiger partial charge in [0, 0.05) is 17.1 Å². The van der Waals surface area contributed by atoms with Gasteiger partial charge in [-0.25, -0.2) is 4.68 Å². The van der Waals surface area contributed by atoms with Gasteiger partial charge in [-0.1, -0.05) is 59.6 Å². The van der Waals surface area contributed by atoms with Crippen molar-refractivity contribution in [2.45, 2.75) is 13.3 Å². The van der Waals surface area contributed by atoms with E-state index >= 15 is 0 Å². The molecule has 2 aromatic carbocycles. The number of hydrogen-bond donors (Lipinski definition) is 1. The maximum absolute atomic E-state index is 12.4. The van der Waals surface area contributed by atoms with Crippen LogP contribution >= 0.6 is 23.2 Å². The highest BCUT2D eigenvalue weighted by Gasteiger charge is 2.16. The van der Waals surface area contributed by atoms with E-state index in [0.717, 1.165) is 5.56 Å². The van der Waals surface area contributed by atoms with E-state index < -0.39 is 5.91 Å². The number of carbonyl (C=O) groups is 1. The number of carbonyl (C=O) groups excluding carboxylic acids is 1. The molecule has 29 heavy (non-hydrogen) atoms. The Morgan fingerprint density at radius 3 is 2.66 bits per heavy atom. The predicted molar refractivity (Wildman–Crippen MR) is 115 cm³/mol. The quantitative estimate of drug-likeness (QED) is 0.458. The van der Waals surface area contributed by atoms with Gasteiger partial charge in [-0.05, 0) is 43.2 Å². The smallest absolute Gasteiger partial charge is 0.261 e. The number of amides is 1. The number of benzene rings is 2. The van der Waals surface area contributed by atoms with Crippen LogP contribution in [-0.2, 0) is 11.2 Å². The minimum atomic E-state index is -0.450. The summed E-state index contributed by atoms with van der Waals surface area (Å²) in [7, 11) is 0. The van der Waals surface area contributed by atoms with Crippen molar-refractivity contribution in [1.29, 1.82) is 5.26 Å². The molecule has 0 bridgehead atoms. The summed E-state index contributed by atoms with van der Waals surface area (Å²) in [6.45, 7) is 2.19. The van der Waals surface area contributed by atoms with Crippen LogP contribution in [-0.4, -0.2) is 22.2 Å². The number of nitrogens with zero attached hydrogens (tertiary/aromatic N) is 3. The molecule has 1 heterocycles. The lowest BCUT2D eigenvalue weighted by atomic mass is 10.1. The summed E-state index contributed by atoms with van der Waals surface area (Å²) >= 11 is 12.5. The van der Waals surface area contributed by atoms with Gasteiger partial charge in [0.2, 0.25) is 0 Å². The molecule has 1 N–H and O–H groups in total. The zero-order chi connectivity index (χ0) is 20.8. The lowest BCUT2D eigenvalue weighted by molar-refractivity contribution is -0.117. The lowest BCUT2D eigenvalue weighted by Gasteiger charge is -2.05. The van der Waals surface area contributed by atoms with Crippen LogP contribution in [0.4, 0.5) is 0 Å². The molecule has 0 aliphatic heterocycles. The van der Waals surface area contributed by atoms with E-state index in [4.69, 9.17) is 23.2 Å². The summed E-state index contributed by atoms with van der Waals surface area (Å²) in [4.78, 5) is 12.4. The number of aryl methyl sites for hydroxylation is 1. The van der Waals surface area contributed by atoms with Gasteiger partial charge in [0.15, 0.2) is 0 Å². The number of hydrogen-bond acceptors (Lipinski definition) is 3. The molecule has 0 radical (unpaired) electrons. The first-order valence-corrected chi connectivity index (χ1v) is 9.70. The summed E-state index contributed by atoms with van der Waals surface area (Å²) in [5.41, 5.74) is 2.88. The van der Waals surface area contributed by atoms with Crippen LogP contribution in [0, 0.1) is 18.3 Å². The molecule has 0 spiro atoms. The Hall–Kier alpha value is -3.07. The Balaban J connectivity index is 1.78. The Labute approximate surface area is 179 Å². The molecule has 0 aliphatic rings. The van der Waals surface area contributed by atoms with Crippen LogP contribution in [0.15, 0.2) is 60.2 Å². The third-order valence-electron chi connectivity index (χ3n) is 4.30. The van der Waals surface area contributed by atoms with E-state index in [9.17, 15) is 10.1 Å². The van der Waals surface area contributed by atoms with Crippen molar-refractivity contribution in [3.05, 3.63) is 87.2 Å². The molecule has 0 atom stereocenters. The summed E-state index contributed by atoms with van der Waals surface area (Å²) < 4.78 is 1.52. The molecule has 1 amide bonds. The number of nitriles is 1. The Bertz CT molecular complexity index is 1100. The Kier molecular flexibility index (Phi) is 6.71. The van der Waals surface area contributed by atoms with Crippen LogP contribution in [0.25, 0.3) is 11.8 Å². The second-order valence-electron chi connectivity index (χ2n) is 6.34. The molecule has 0 unspecified atom stereocenters. The molecular formula is C22H18Cl2N4O. The highest BCUT2D eigenvalue weighted by atomic mass is 35.5. The molecule has 3 aromatic rings. The van der Waals surface area contributed by atoms with Gasteiger partial charge in [0.25, 0.3) is 5.91 Å². The van der Waals surface area contributed by atoms with Gasteiger partial charge in [-0.3, -0.25) is 4.79 Å². The van der Waals surface area contributed by atoms with Crippen molar-refractivity contribution >= 4 is 35.2 Å². The maximum Gasteiger partial charge on any atom is 0.261 e. The number of nitrogens with one attached hydrogen (secondary N) is 1. The van der Waals surface area contributed by atoms with Crippen LogP contribution in [0.3, 0.4) is 0 Å². The third-order valence-corrected chi connectivity index (χ3v) is 4.90. The largest absolute Gasteiger partial charge is 0.351 e. The van der Waals surface area contributed by atoms with Crippen LogP contribution in [0.5, 0.6) is 0 Å². The summed E-state index contributed by atoms with van der Waals surface area (Å²) in [6, 6.07) is 18.8. The molecule has 5 nitrogen and oxygen atoms in total. The van der Waals surface area contributed by atoms with E-state index in [1.165, 1.54) is 10.8 Å². The first-order valence-electron chi connectivity index (χ1n) is 8.94. The molecular weight excluding hydrogens is 407 g/mol. The van der Waals surface area contributed by atoms with E-state index in [1.54, 1.807) is 25.1 Å². The Morgan fingerprint density at radius 1 is 1.21 bits per heavy atom. The average Bonchev–Trinajstić information content (AvgIpc) is 3.00. The fourth-order valence-electron chi connectivity index (χ4n) is 2.81. The van der Waals surface area contributed by atoms with Gasteiger partial charge in [-0.15, -0.1) is 0 Å². The first-order chi connectivity index (χ1) is 14.0. The number of aromatic nitrogens is 2. The predicted octanol–water partition coefficient (Wildman–Crippen LogP) is 4.75. The summed E-state index contributed by atoms with van der Waals surface area (Å²) in [6.07, 6.45) is 2.14. The van der Waals surface area contributed by atoms with Crippen molar-refractivity contribution in [3.63, 3.8) is 0 Å². The first kappa shape index (κ1) is 20.7. The van der Waals surface area contributed by atoms with E-state index in [-0.39, 0.29) is 5.57 Å². The van der Waals surface area contributed by atoms with Crippen molar-refractivity contribution in [3.8, 4) is 11.8 Å². The van der Waals surface area contributed by atoms with Crippen molar-refractivity contribution in [2.24, 2.45) is 0 Å². The zero-order valence-corrected chi connectivity index (χ0v) is 17.2. The minimum Gasteiger partial charge on any atom is -0.351 e. The van der Waals surface area contributed by atoms with E-state index in [0.29, 0.717) is 40.1 Å². The molecule has 0 saturated heterocycles. The van der Waals surface area contributed by atoms with Gasteiger partial charge in [0.1, 0.15) is 16.8 Å². The average molecular weight is 425 g/mol. The van der Waals surface area contributed by atoms with Crippen LogP contribution in [0.2, 0.25) is 10.2 Å². The van der Waals surface area contributed by atoms with Gasteiger partial charge in [-0.2, -0.15) is 10.4 Å². The minimum absolute atomic E-state index is 0.0336. The van der Waals surface area contributed by atoms with Gasteiger partial charge < -0.3 is 5.32 Å². The monoisotopic (exact) mass is 424 g/mol. The normalized spacial score (nSPS) is 11.2. The van der Waals surface area contributed by atoms with Crippen LogP contribution in [0.1, 0.15) is 16.8 Å². The van der Waals surface area contributed by atoms with Crippen molar-refractivity contribution in [1.82, 2.24) is 15.1 Å². The van der Waals surface area contributed by atoms with Crippen molar-refractivity contribution < 1.29 is 4.79 Å². The molecule has 3 rings (SSSR count). The fourth-order valence-corrected chi connectivity index (χ4v) is 3.32. The molecule has 7 heteroatoms. The Morgan fingerprint density at radius 2 is 1.97 bits per heavy atom. The molecule has 0 saturated carbocycles. The van der Waals surface area contributed by atoms with E-state index in [2.05, 4.69) is 10.4 Å². The van der Waals surface area contributed by atoms with Crippen LogP contribution < -0.4 is 5.32 Å². The second-order valence-corrected chi connectivity index (χ2v) is 7.14. The maximum atomic E-state index is 12.4. The molecule has 1 aromatic heterocycles. The highest BCUT2D eigenvalue weighted by Crippen LogP contribution is 2.26. The van der Waals surface area contributed by atoms with Gasteiger partial charge in [0.05, 0.1) is 11.4 Å². The SMILES string of the molecule is Cc1nn(-c2cccc(Cl)c2)c(Cl)c1C=C(C#N)C(=O)NCCc1ccccc1. The summed E-state index contributed by atoms with van der Waals surface area (Å²) in [5.74, 6) is -0.450. The zero-order valence-electron chi connectivity index (χ0n) is 15.7. The van der Waals surface area contributed by atoms with E-state index in [1.807, 2.05) is 42.5 Å². The standard InChI is InChI=1S/C22H18Cl2N4O/c1-15-20(21(24)28(27-15)19-9-5-8-18(23)13-19)12-17(14-25)22(29)26-11-10-16-6-3-2-4-7-16/h2-9,12-13H,10-11H2,1H3,(H,26,29). The molecule has 146 valence electrons. The lowest BCUT2D eigenvalue weighted by Crippen LogP contribution is -2.26. The third kappa shape index (κ3) is 5.05. The summed E-state index contributed by atoms with van der Waals surface area (Å²) in [5, 5.41) is 17.5. The number of halogens is 2. The topological polar surface area (TPSA) is 70.7 Å². The number of rotatable bonds is 6. The second kappa shape index (κ2) is 9.42. The molecule has 0 aliphatic carbocycles. The van der Waals surface area contributed by atoms with Gasteiger partial charge >= 0.3 is 0 Å². The fraction of sp³-hybridized carbons (Fsp3) is 0.136. The van der Waals surface area contributed by atoms with Crippen molar-refractivity contribution in [2.75, 3.05) is 6.54 Å². The molecule has 0 fully saturated rings.